The first kappa shape index (κ1) is 17.0. The van der Waals surface area contributed by atoms with E-state index in [4.69, 9.17) is 0 Å². The minimum absolute atomic E-state index is 0.0237. The van der Waals surface area contributed by atoms with Crippen LogP contribution in [0, 0.1) is 0 Å². The Balaban J connectivity index is 2.23. The number of pyridine rings is 1. The van der Waals surface area contributed by atoms with Crippen molar-refractivity contribution in [2.75, 3.05) is 25.0 Å². The van der Waals surface area contributed by atoms with E-state index in [0.29, 0.717) is 5.69 Å². The number of rotatable bonds is 7. The highest BCUT2D eigenvalue weighted by molar-refractivity contribution is 5.93. The number of carbonyl (C=O) groups is 1. The van der Waals surface area contributed by atoms with Crippen molar-refractivity contribution in [3.05, 3.63) is 54.4 Å². The van der Waals surface area contributed by atoms with Crippen LogP contribution < -0.4 is 4.90 Å². The lowest BCUT2D eigenvalue weighted by molar-refractivity contribution is 0.0787. The Hall–Kier alpha value is -2.36. The van der Waals surface area contributed by atoms with Gasteiger partial charge in [0.2, 0.25) is 0 Å². The molecule has 1 amide bonds. The molecule has 4 heteroatoms. The number of hydrogen-bond acceptors (Lipinski definition) is 3. The molecule has 1 aromatic heterocycles. The number of hydrogen-bond donors (Lipinski definition) is 0. The van der Waals surface area contributed by atoms with Gasteiger partial charge in [0.25, 0.3) is 5.91 Å². The molecule has 0 aliphatic carbocycles. The number of benzene rings is 1. The van der Waals surface area contributed by atoms with Crippen LogP contribution >= 0.6 is 0 Å². The number of nitrogens with zero attached hydrogens (tertiary/aromatic N) is 3. The molecule has 0 saturated heterocycles. The molecule has 2 rings (SSSR count). The normalized spacial score (nSPS) is 10.4. The molecular weight excluding hydrogens is 286 g/mol. The van der Waals surface area contributed by atoms with Crippen molar-refractivity contribution >= 4 is 17.3 Å². The van der Waals surface area contributed by atoms with Crippen LogP contribution in [0.2, 0.25) is 0 Å². The second-order valence-electron chi connectivity index (χ2n) is 5.56. The first-order chi connectivity index (χ1) is 11.2. The fraction of sp³-hybridized carbons (Fsp3) is 0.368. The van der Waals surface area contributed by atoms with E-state index in [1.807, 2.05) is 37.4 Å². The Morgan fingerprint density at radius 3 is 2.48 bits per heavy atom. The summed E-state index contributed by atoms with van der Waals surface area (Å²) in [5, 5.41) is 0. The van der Waals surface area contributed by atoms with Crippen molar-refractivity contribution in [2.24, 2.45) is 0 Å². The van der Waals surface area contributed by atoms with Gasteiger partial charge in [-0.1, -0.05) is 31.5 Å². The summed E-state index contributed by atoms with van der Waals surface area (Å²) in [4.78, 5) is 20.7. The number of amides is 1. The van der Waals surface area contributed by atoms with Gasteiger partial charge in [-0.15, -0.1) is 0 Å². The third kappa shape index (κ3) is 4.31. The highest BCUT2D eigenvalue weighted by atomic mass is 16.2. The molecule has 0 N–H and O–H groups in total. The van der Waals surface area contributed by atoms with Crippen molar-refractivity contribution in [3.8, 4) is 0 Å². The van der Waals surface area contributed by atoms with Crippen LogP contribution in [0.15, 0.2) is 48.7 Å². The van der Waals surface area contributed by atoms with E-state index in [1.54, 1.807) is 11.1 Å². The summed E-state index contributed by atoms with van der Waals surface area (Å²) in [7, 11) is 1.83. The SMILES string of the molecule is CCCCN(C)C(=O)c1cc(N(CC)c2ccccc2)ccn1. The van der Waals surface area contributed by atoms with Gasteiger partial charge < -0.3 is 9.80 Å². The molecule has 0 unspecified atom stereocenters. The average Bonchev–Trinajstić information content (AvgIpc) is 2.61. The van der Waals surface area contributed by atoms with Crippen molar-refractivity contribution in [2.45, 2.75) is 26.7 Å². The smallest absolute Gasteiger partial charge is 0.272 e. The van der Waals surface area contributed by atoms with E-state index in [0.717, 1.165) is 37.3 Å². The summed E-state index contributed by atoms with van der Waals surface area (Å²) in [5.41, 5.74) is 2.59. The maximum absolute atomic E-state index is 12.5. The molecule has 122 valence electrons. The number of anilines is 2. The van der Waals surface area contributed by atoms with Crippen LogP contribution in [0.25, 0.3) is 0 Å². The predicted molar refractivity (Wildman–Crippen MR) is 95.2 cm³/mol. The van der Waals surface area contributed by atoms with Crippen LogP contribution in [0.4, 0.5) is 11.4 Å². The van der Waals surface area contributed by atoms with Crippen LogP contribution in [-0.4, -0.2) is 35.9 Å². The van der Waals surface area contributed by atoms with Crippen LogP contribution in [0.5, 0.6) is 0 Å². The Morgan fingerprint density at radius 2 is 1.83 bits per heavy atom. The standard InChI is InChI=1S/C19H25N3O/c1-4-6-14-21(3)19(23)18-15-17(12-13-20-18)22(5-2)16-10-8-7-9-11-16/h7-13,15H,4-6,14H2,1-3H3. The van der Waals surface area contributed by atoms with Gasteiger partial charge in [0.1, 0.15) is 5.69 Å². The lowest BCUT2D eigenvalue weighted by atomic mass is 10.2. The zero-order valence-corrected chi connectivity index (χ0v) is 14.2. The van der Waals surface area contributed by atoms with Gasteiger partial charge in [0.15, 0.2) is 0 Å². The van der Waals surface area contributed by atoms with Gasteiger partial charge in [0.05, 0.1) is 0 Å². The fourth-order valence-corrected chi connectivity index (χ4v) is 2.52. The van der Waals surface area contributed by atoms with Crippen molar-refractivity contribution in [3.63, 3.8) is 0 Å². The molecule has 0 aliphatic rings. The summed E-state index contributed by atoms with van der Waals surface area (Å²) in [6.07, 6.45) is 3.79. The Bertz CT molecular complexity index is 628. The molecule has 23 heavy (non-hydrogen) atoms. The van der Waals surface area contributed by atoms with E-state index < -0.39 is 0 Å². The Kier molecular flexibility index (Phi) is 6.15. The van der Waals surface area contributed by atoms with Crippen LogP contribution in [0.3, 0.4) is 0 Å². The van der Waals surface area contributed by atoms with Crippen molar-refractivity contribution in [1.82, 2.24) is 9.88 Å². The fourth-order valence-electron chi connectivity index (χ4n) is 2.52. The van der Waals surface area contributed by atoms with E-state index in [-0.39, 0.29) is 5.91 Å². The topological polar surface area (TPSA) is 36.4 Å². The Morgan fingerprint density at radius 1 is 1.09 bits per heavy atom. The average molecular weight is 311 g/mol. The van der Waals surface area contributed by atoms with E-state index in [9.17, 15) is 4.79 Å². The molecule has 0 fully saturated rings. The van der Waals surface area contributed by atoms with Crippen molar-refractivity contribution in [1.29, 1.82) is 0 Å². The van der Waals surface area contributed by atoms with Gasteiger partial charge in [-0.25, -0.2) is 0 Å². The summed E-state index contributed by atoms with van der Waals surface area (Å²) in [6, 6.07) is 14.0. The molecule has 2 aromatic rings. The minimum Gasteiger partial charge on any atom is -0.342 e. The van der Waals surface area contributed by atoms with Crippen molar-refractivity contribution < 1.29 is 4.79 Å². The lowest BCUT2D eigenvalue weighted by Gasteiger charge is -2.24. The largest absolute Gasteiger partial charge is 0.342 e. The summed E-state index contributed by atoms with van der Waals surface area (Å²) >= 11 is 0. The molecule has 0 saturated carbocycles. The third-order valence-electron chi connectivity index (χ3n) is 3.85. The molecule has 0 radical (unpaired) electrons. The molecule has 0 aliphatic heterocycles. The molecule has 0 atom stereocenters. The maximum Gasteiger partial charge on any atom is 0.272 e. The summed E-state index contributed by atoms with van der Waals surface area (Å²) in [5.74, 6) is -0.0237. The highest BCUT2D eigenvalue weighted by Gasteiger charge is 2.15. The van der Waals surface area contributed by atoms with Gasteiger partial charge in [-0.2, -0.15) is 0 Å². The maximum atomic E-state index is 12.5. The van der Waals surface area contributed by atoms with Gasteiger partial charge >= 0.3 is 0 Å². The Labute approximate surface area is 138 Å². The number of para-hydroxylation sites is 1. The third-order valence-corrected chi connectivity index (χ3v) is 3.85. The highest BCUT2D eigenvalue weighted by Crippen LogP contribution is 2.25. The zero-order chi connectivity index (χ0) is 16.7. The number of carbonyl (C=O) groups excluding carboxylic acids is 1. The summed E-state index contributed by atoms with van der Waals surface area (Å²) < 4.78 is 0. The zero-order valence-electron chi connectivity index (χ0n) is 14.2. The molecular formula is C19H25N3O. The minimum atomic E-state index is -0.0237. The van der Waals surface area contributed by atoms with E-state index in [2.05, 4.69) is 35.9 Å². The lowest BCUT2D eigenvalue weighted by Crippen LogP contribution is -2.28. The summed E-state index contributed by atoms with van der Waals surface area (Å²) in [6.45, 7) is 5.81. The predicted octanol–water partition coefficient (Wildman–Crippen LogP) is 4.11. The molecule has 1 aromatic carbocycles. The molecule has 0 spiro atoms. The monoisotopic (exact) mass is 311 g/mol. The number of unbranched alkanes of at least 4 members (excludes halogenated alkanes) is 1. The second kappa shape index (κ2) is 8.32. The molecule has 1 heterocycles. The van der Waals surface area contributed by atoms with Crippen LogP contribution in [0.1, 0.15) is 37.2 Å². The first-order valence-corrected chi connectivity index (χ1v) is 8.21. The first-order valence-electron chi connectivity index (χ1n) is 8.21. The quantitative estimate of drug-likeness (QED) is 0.772. The molecule has 0 bridgehead atoms. The van der Waals surface area contributed by atoms with Gasteiger partial charge in [0, 0.05) is 37.7 Å². The molecule has 4 nitrogen and oxygen atoms in total. The number of aromatic nitrogens is 1. The van der Waals surface area contributed by atoms with Gasteiger partial charge in [-0.3, -0.25) is 9.78 Å². The van der Waals surface area contributed by atoms with E-state index in [1.165, 1.54) is 0 Å². The second-order valence-corrected chi connectivity index (χ2v) is 5.56. The van der Waals surface area contributed by atoms with Gasteiger partial charge in [-0.05, 0) is 37.6 Å². The van der Waals surface area contributed by atoms with E-state index >= 15 is 0 Å². The van der Waals surface area contributed by atoms with Crippen LogP contribution in [-0.2, 0) is 0 Å².